The van der Waals surface area contributed by atoms with Gasteiger partial charge in [0.05, 0.1) is 27.0 Å². The van der Waals surface area contributed by atoms with Crippen molar-refractivity contribution >= 4 is 52.4 Å². The van der Waals surface area contributed by atoms with E-state index in [1.54, 1.807) is 6.07 Å². The number of anilines is 1. The van der Waals surface area contributed by atoms with E-state index in [1.807, 2.05) is 0 Å². The number of benzene rings is 1. The van der Waals surface area contributed by atoms with Crippen LogP contribution in [-0.4, -0.2) is 22.1 Å². The quantitative estimate of drug-likeness (QED) is 0.637. The number of carbonyl (C=O) groups is 2. The molecule has 1 saturated carbocycles. The molecule has 0 saturated heterocycles. The number of hydrogen-bond donors (Lipinski definition) is 3. The first-order valence-electron chi connectivity index (χ1n) is 8.73. The van der Waals surface area contributed by atoms with Gasteiger partial charge >= 0.3 is 6.03 Å². The van der Waals surface area contributed by atoms with E-state index in [0.717, 1.165) is 32.1 Å². The number of H-pyrrole nitrogens is 1. The van der Waals surface area contributed by atoms with E-state index in [4.69, 9.17) is 34.8 Å². The van der Waals surface area contributed by atoms with E-state index in [9.17, 15) is 14.4 Å². The topological polar surface area (TPSA) is 104 Å². The number of amides is 3. The predicted molar refractivity (Wildman–Crippen MR) is 109 cm³/mol. The van der Waals surface area contributed by atoms with Gasteiger partial charge in [-0.3, -0.25) is 14.9 Å². The Balaban J connectivity index is 1.83. The highest BCUT2D eigenvalue weighted by molar-refractivity contribution is 6.40. The number of hydrogen-bond acceptors (Lipinski definition) is 4. The van der Waals surface area contributed by atoms with Crippen LogP contribution in [0.2, 0.25) is 15.1 Å². The number of halogens is 3. The molecule has 148 valence electrons. The molecule has 28 heavy (non-hydrogen) atoms. The van der Waals surface area contributed by atoms with Crippen LogP contribution in [0.15, 0.2) is 23.0 Å². The maximum Gasteiger partial charge on any atom is 0.326 e. The second-order valence-electron chi connectivity index (χ2n) is 6.47. The normalized spacial score (nSPS) is 14.5. The number of rotatable bonds is 3. The standard InChI is InChI=1S/C18H17Cl3N4O3/c19-10-7-4-8-11(20)12(10)16(26)23-18(28)22-15-13(21)17(27)25-24-14(15)9-5-2-1-3-6-9/h4,7-9H,1-3,5-6H2,(H3,22,23,25,26,27,28). The fraction of sp³-hybridized carbons (Fsp3) is 0.333. The Kier molecular flexibility index (Phi) is 6.59. The van der Waals surface area contributed by atoms with Gasteiger partial charge in [0.15, 0.2) is 0 Å². The number of nitrogens with zero attached hydrogens (tertiary/aromatic N) is 1. The minimum atomic E-state index is -0.868. The van der Waals surface area contributed by atoms with Crippen molar-refractivity contribution in [3.05, 3.63) is 54.9 Å². The summed E-state index contributed by atoms with van der Waals surface area (Å²) in [4.78, 5) is 36.6. The molecule has 1 aromatic heterocycles. The summed E-state index contributed by atoms with van der Waals surface area (Å²) < 4.78 is 0. The fourth-order valence-electron chi connectivity index (χ4n) is 3.26. The van der Waals surface area contributed by atoms with Crippen molar-refractivity contribution in [3.63, 3.8) is 0 Å². The van der Waals surface area contributed by atoms with E-state index in [2.05, 4.69) is 20.8 Å². The molecule has 0 bridgehead atoms. The van der Waals surface area contributed by atoms with Crippen LogP contribution >= 0.6 is 34.8 Å². The Morgan fingerprint density at radius 1 is 1.07 bits per heavy atom. The maximum absolute atomic E-state index is 12.4. The molecule has 3 amide bonds. The first kappa shape index (κ1) is 20.6. The van der Waals surface area contributed by atoms with Crippen molar-refractivity contribution in [2.24, 2.45) is 0 Å². The molecule has 3 N–H and O–H groups in total. The molecule has 2 aromatic rings. The van der Waals surface area contributed by atoms with Crippen LogP contribution in [0.3, 0.4) is 0 Å². The summed E-state index contributed by atoms with van der Waals surface area (Å²) in [6, 6.07) is 3.68. The van der Waals surface area contributed by atoms with Crippen molar-refractivity contribution in [1.82, 2.24) is 15.5 Å². The number of carbonyl (C=O) groups excluding carboxylic acids is 2. The van der Waals surface area contributed by atoms with Crippen molar-refractivity contribution in [1.29, 1.82) is 0 Å². The van der Waals surface area contributed by atoms with Crippen molar-refractivity contribution in [2.75, 3.05) is 5.32 Å². The summed E-state index contributed by atoms with van der Waals surface area (Å²) in [7, 11) is 0. The van der Waals surface area contributed by atoms with Gasteiger partial charge in [-0.1, -0.05) is 60.1 Å². The molecule has 1 aromatic carbocycles. The van der Waals surface area contributed by atoms with E-state index in [-0.39, 0.29) is 32.2 Å². The molecule has 0 radical (unpaired) electrons. The molecule has 10 heteroatoms. The zero-order chi connectivity index (χ0) is 20.3. The summed E-state index contributed by atoms with van der Waals surface area (Å²) >= 11 is 18.1. The Morgan fingerprint density at radius 2 is 1.71 bits per heavy atom. The highest BCUT2D eigenvalue weighted by Crippen LogP contribution is 2.36. The Bertz CT molecular complexity index is 951. The second-order valence-corrected chi connectivity index (χ2v) is 7.66. The summed E-state index contributed by atoms with van der Waals surface area (Å²) in [6.45, 7) is 0. The third kappa shape index (κ3) is 4.48. The lowest BCUT2D eigenvalue weighted by Crippen LogP contribution is -2.35. The van der Waals surface area contributed by atoms with E-state index in [1.165, 1.54) is 12.1 Å². The first-order valence-corrected chi connectivity index (χ1v) is 9.86. The lowest BCUT2D eigenvalue weighted by atomic mass is 9.86. The molecule has 0 aliphatic heterocycles. The molecule has 1 heterocycles. The van der Waals surface area contributed by atoms with Crippen LogP contribution in [0.4, 0.5) is 10.5 Å². The monoisotopic (exact) mass is 442 g/mol. The van der Waals surface area contributed by atoms with Crippen LogP contribution in [0.1, 0.15) is 54.1 Å². The number of nitrogens with one attached hydrogen (secondary N) is 3. The molecular weight excluding hydrogens is 427 g/mol. The van der Waals surface area contributed by atoms with E-state index < -0.39 is 17.5 Å². The van der Waals surface area contributed by atoms with Gasteiger partial charge in [0, 0.05) is 5.92 Å². The highest BCUT2D eigenvalue weighted by atomic mass is 35.5. The second kappa shape index (κ2) is 8.94. The van der Waals surface area contributed by atoms with Crippen LogP contribution in [0.25, 0.3) is 0 Å². The number of aromatic amines is 1. The molecule has 0 spiro atoms. The largest absolute Gasteiger partial charge is 0.326 e. The van der Waals surface area contributed by atoms with Crippen LogP contribution in [-0.2, 0) is 0 Å². The Morgan fingerprint density at radius 3 is 2.36 bits per heavy atom. The Labute approximate surface area is 175 Å². The average Bonchev–Trinajstić information content (AvgIpc) is 2.66. The molecule has 1 aliphatic rings. The van der Waals surface area contributed by atoms with Crippen LogP contribution in [0, 0.1) is 0 Å². The lowest BCUT2D eigenvalue weighted by Gasteiger charge is -2.23. The molecular formula is C18H17Cl3N4O3. The third-order valence-corrected chi connectivity index (χ3v) is 5.59. The van der Waals surface area contributed by atoms with Gasteiger partial charge < -0.3 is 5.32 Å². The molecule has 7 nitrogen and oxygen atoms in total. The molecule has 1 aliphatic carbocycles. The van der Waals surface area contributed by atoms with Crippen molar-refractivity contribution in [2.45, 2.75) is 38.0 Å². The number of imide groups is 1. The van der Waals surface area contributed by atoms with E-state index in [0.29, 0.717) is 5.69 Å². The predicted octanol–water partition coefficient (Wildman–Crippen LogP) is 4.74. The smallest absolute Gasteiger partial charge is 0.304 e. The number of aromatic nitrogens is 2. The van der Waals surface area contributed by atoms with Gasteiger partial charge in [-0.05, 0) is 25.0 Å². The van der Waals surface area contributed by atoms with Gasteiger partial charge in [-0.2, -0.15) is 5.10 Å². The SMILES string of the molecule is O=C(NC(=O)c1c(Cl)cccc1Cl)Nc1c(C2CCCCC2)n[nH]c(=O)c1Cl. The van der Waals surface area contributed by atoms with Gasteiger partial charge in [0.1, 0.15) is 5.02 Å². The van der Waals surface area contributed by atoms with Crippen LogP contribution < -0.4 is 16.2 Å². The fourth-order valence-corrected chi connectivity index (χ4v) is 4.01. The molecule has 3 rings (SSSR count). The Hall–Kier alpha value is -2.09. The van der Waals surface area contributed by atoms with Gasteiger partial charge in [-0.15, -0.1) is 0 Å². The molecule has 1 fully saturated rings. The van der Waals surface area contributed by atoms with Crippen molar-refractivity contribution in [3.8, 4) is 0 Å². The lowest BCUT2D eigenvalue weighted by molar-refractivity contribution is 0.0967. The van der Waals surface area contributed by atoms with E-state index >= 15 is 0 Å². The summed E-state index contributed by atoms with van der Waals surface area (Å²) in [6.07, 6.45) is 4.93. The molecule has 0 unspecified atom stereocenters. The van der Waals surface area contributed by atoms with Gasteiger partial charge in [0.25, 0.3) is 11.5 Å². The summed E-state index contributed by atoms with van der Waals surface area (Å²) in [5.41, 5.74) is -0.0452. The molecule has 0 atom stereocenters. The highest BCUT2D eigenvalue weighted by Gasteiger charge is 2.25. The summed E-state index contributed by atoms with van der Waals surface area (Å²) in [5, 5.41) is 11.1. The maximum atomic E-state index is 12.4. The zero-order valence-electron chi connectivity index (χ0n) is 14.7. The first-order chi connectivity index (χ1) is 13.4. The number of urea groups is 1. The average molecular weight is 444 g/mol. The summed E-state index contributed by atoms with van der Waals surface area (Å²) in [5.74, 6) is -0.714. The minimum absolute atomic E-state index is 0.0244. The zero-order valence-corrected chi connectivity index (χ0v) is 16.9. The van der Waals surface area contributed by atoms with Gasteiger partial charge in [-0.25, -0.2) is 9.89 Å². The third-order valence-electron chi connectivity index (χ3n) is 4.60. The minimum Gasteiger partial charge on any atom is -0.304 e. The van der Waals surface area contributed by atoms with Gasteiger partial charge in [0.2, 0.25) is 0 Å². The van der Waals surface area contributed by atoms with Crippen LogP contribution in [0.5, 0.6) is 0 Å². The van der Waals surface area contributed by atoms with Crippen molar-refractivity contribution < 1.29 is 9.59 Å².